The summed E-state index contributed by atoms with van der Waals surface area (Å²) in [5, 5.41) is 2.04. The Labute approximate surface area is 149 Å². The van der Waals surface area contributed by atoms with Crippen molar-refractivity contribution >= 4 is 34.3 Å². The average molecular weight is 361 g/mol. The minimum atomic E-state index is -0.0312. The summed E-state index contributed by atoms with van der Waals surface area (Å²) in [6.45, 7) is 0.949. The third-order valence-corrected chi connectivity index (χ3v) is 4.93. The van der Waals surface area contributed by atoms with Gasteiger partial charge in [0.25, 0.3) is 5.56 Å². The SMILES string of the molecule is COCCn1c(SCc2ccc(Cl)cc2)nc2ccccc2c1=O. The zero-order valence-corrected chi connectivity index (χ0v) is 14.8. The van der Waals surface area contributed by atoms with Crippen LogP contribution in [0.5, 0.6) is 0 Å². The molecule has 0 amide bonds. The van der Waals surface area contributed by atoms with Crippen molar-refractivity contribution in [3.05, 3.63) is 69.5 Å². The van der Waals surface area contributed by atoms with Gasteiger partial charge in [-0.15, -0.1) is 0 Å². The zero-order chi connectivity index (χ0) is 16.9. The molecule has 0 aliphatic heterocycles. The van der Waals surface area contributed by atoms with Gasteiger partial charge in [0.2, 0.25) is 0 Å². The quantitative estimate of drug-likeness (QED) is 0.492. The molecule has 2 aromatic carbocycles. The molecule has 1 heterocycles. The molecule has 0 radical (unpaired) electrons. The summed E-state index contributed by atoms with van der Waals surface area (Å²) in [4.78, 5) is 17.4. The first-order valence-corrected chi connectivity index (χ1v) is 8.91. The summed E-state index contributed by atoms with van der Waals surface area (Å²) < 4.78 is 6.82. The van der Waals surface area contributed by atoms with E-state index in [0.29, 0.717) is 28.7 Å². The summed E-state index contributed by atoms with van der Waals surface area (Å²) in [6.07, 6.45) is 0. The number of benzene rings is 2. The van der Waals surface area contributed by atoms with Crippen LogP contribution in [0.4, 0.5) is 0 Å². The highest BCUT2D eigenvalue weighted by Gasteiger charge is 2.11. The molecule has 3 aromatic rings. The number of aromatic nitrogens is 2. The highest BCUT2D eigenvalue weighted by Crippen LogP contribution is 2.23. The molecule has 0 fully saturated rings. The molecular formula is C18H17ClN2O2S. The standard InChI is InChI=1S/C18H17ClN2O2S/c1-23-11-10-21-17(22)15-4-2-3-5-16(15)20-18(21)24-12-13-6-8-14(19)9-7-13/h2-9H,10-12H2,1H3. The van der Waals surface area contributed by atoms with Crippen molar-refractivity contribution in [1.29, 1.82) is 0 Å². The van der Waals surface area contributed by atoms with Crippen LogP contribution in [0.2, 0.25) is 5.02 Å². The summed E-state index contributed by atoms with van der Waals surface area (Å²) in [5.74, 6) is 0.717. The largest absolute Gasteiger partial charge is 0.383 e. The van der Waals surface area contributed by atoms with E-state index in [1.807, 2.05) is 48.5 Å². The molecule has 6 heteroatoms. The molecule has 0 atom stereocenters. The van der Waals surface area contributed by atoms with Crippen LogP contribution in [0.25, 0.3) is 10.9 Å². The number of para-hydroxylation sites is 1. The van der Waals surface area contributed by atoms with Gasteiger partial charge in [0.1, 0.15) is 0 Å². The Morgan fingerprint density at radius 2 is 1.92 bits per heavy atom. The van der Waals surface area contributed by atoms with Gasteiger partial charge in [0.15, 0.2) is 5.16 Å². The fourth-order valence-electron chi connectivity index (χ4n) is 2.37. The van der Waals surface area contributed by atoms with E-state index in [0.717, 1.165) is 16.8 Å². The number of fused-ring (bicyclic) bond motifs is 1. The fraction of sp³-hybridized carbons (Fsp3) is 0.222. The lowest BCUT2D eigenvalue weighted by Gasteiger charge is -2.12. The third kappa shape index (κ3) is 3.80. The van der Waals surface area contributed by atoms with Crippen molar-refractivity contribution in [3.63, 3.8) is 0 Å². The molecule has 3 rings (SSSR count). The second-order valence-electron chi connectivity index (χ2n) is 5.28. The van der Waals surface area contributed by atoms with Crippen molar-refractivity contribution in [3.8, 4) is 0 Å². The van der Waals surface area contributed by atoms with Gasteiger partial charge in [0, 0.05) is 17.9 Å². The van der Waals surface area contributed by atoms with E-state index in [9.17, 15) is 4.79 Å². The Balaban J connectivity index is 1.95. The molecule has 0 aliphatic rings. The predicted molar refractivity (Wildman–Crippen MR) is 98.9 cm³/mol. The molecule has 1 aromatic heterocycles. The van der Waals surface area contributed by atoms with Crippen molar-refractivity contribution in [2.75, 3.05) is 13.7 Å². The number of thioether (sulfide) groups is 1. The van der Waals surface area contributed by atoms with E-state index in [-0.39, 0.29) is 5.56 Å². The van der Waals surface area contributed by atoms with Gasteiger partial charge in [-0.1, -0.05) is 47.6 Å². The van der Waals surface area contributed by atoms with Gasteiger partial charge in [-0.2, -0.15) is 0 Å². The number of halogens is 1. The van der Waals surface area contributed by atoms with Crippen molar-refractivity contribution in [2.45, 2.75) is 17.5 Å². The average Bonchev–Trinajstić information content (AvgIpc) is 2.61. The molecule has 24 heavy (non-hydrogen) atoms. The van der Waals surface area contributed by atoms with Crippen LogP contribution >= 0.6 is 23.4 Å². The lowest BCUT2D eigenvalue weighted by Crippen LogP contribution is -2.25. The van der Waals surface area contributed by atoms with Gasteiger partial charge in [-0.25, -0.2) is 4.98 Å². The van der Waals surface area contributed by atoms with Crippen molar-refractivity contribution in [2.24, 2.45) is 0 Å². The monoisotopic (exact) mass is 360 g/mol. The molecular weight excluding hydrogens is 344 g/mol. The summed E-state index contributed by atoms with van der Waals surface area (Å²) in [6, 6.07) is 15.1. The molecule has 0 N–H and O–H groups in total. The minimum absolute atomic E-state index is 0.0312. The van der Waals surface area contributed by atoms with Gasteiger partial charge in [-0.3, -0.25) is 9.36 Å². The first-order valence-electron chi connectivity index (χ1n) is 7.55. The van der Waals surface area contributed by atoms with Crippen LogP contribution < -0.4 is 5.56 Å². The van der Waals surface area contributed by atoms with E-state index in [1.54, 1.807) is 11.7 Å². The maximum atomic E-state index is 12.7. The lowest BCUT2D eigenvalue weighted by molar-refractivity contribution is 0.183. The van der Waals surface area contributed by atoms with Gasteiger partial charge in [0.05, 0.1) is 24.1 Å². The van der Waals surface area contributed by atoms with Crippen molar-refractivity contribution in [1.82, 2.24) is 9.55 Å². The van der Waals surface area contributed by atoms with Crippen LogP contribution in [0.1, 0.15) is 5.56 Å². The van der Waals surface area contributed by atoms with Gasteiger partial charge < -0.3 is 4.74 Å². The molecule has 0 spiro atoms. The summed E-state index contributed by atoms with van der Waals surface area (Å²) in [5.41, 5.74) is 1.82. The Morgan fingerprint density at radius 1 is 1.17 bits per heavy atom. The van der Waals surface area contributed by atoms with E-state index in [2.05, 4.69) is 4.98 Å². The molecule has 0 unspecified atom stereocenters. The molecule has 0 saturated heterocycles. The number of hydrogen-bond acceptors (Lipinski definition) is 4. The van der Waals surface area contributed by atoms with E-state index < -0.39 is 0 Å². The van der Waals surface area contributed by atoms with Crippen LogP contribution in [0, 0.1) is 0 Å². The van der Waals surface area contributed by atoms with Gasteiger partial charge in [-0.05, 0) is 29.8 Å². The highest BCUT2D eigenvalue weighted by molar-refractivity contribution is 7.98. The number of methoxy groups -OCH3 is 1. The topological polar surface area (TPSA) is 44.1 Å². The third-order valence-electron chi connectivity index (χ3n) is 3.63. The van der Waals surface area contributed by atoms with Crippen molar-refractivity contribution < 1.29 is 4.74 Å². The molecule has 0 bridgehead atoms. The Bertz CT molecular complexity index is 894. The number of rotatable bonds is 6. The Hall–Kier alpha value is -1.82. The molecule has 0 aliphatic carbocycles. The summed E-state index contributed by atoms with van der Waals surface area (Å²) >= 11 is 7.46. The first-order chi connectivity index (χ1) is 11.7. The second kappa shape index (κ2) is 7.83. The zero-order valence-electron chi connectivity index (χ0n) is 13.2. The first kappa shape index (κ1) is 17.0. The summed E-state index contributed by atoms with van der Waals surface area (Å²) in [7, 11) is 1.63. The minimum Gasteiger partial charge on any atom is -0.383 e. The lowest BCUT2D eigenvalue weighted by atomic mass is 10.2. The van der Waals surface area contributed by atoms with E-state index in [4.69, 9.17) is 16.3 Å². The highest BCUT2D eigenvalue weighted by atomic mass is 35.5. The Kier molecular flexibility index (Phi) is 5.56. The van der Waals surface area contributed by atoms with Crippen LogP contribution in [0.15, 0.2) is 58.5 Å². The van der Waals surface area contributed by atoms with Crippen LogP contribution in [0.3, 0.4) is 0 Å². The normalized spacial score (nSPS) is 11.1. The maximum Gasteiger partial charge on any atom is 0.262 e. The van der Waals surface area contributed by atoms with E-state index >= 15 is 0 Å². The second-order valence-corrected chi connectivity index (χ2v) is 6.66. The maximum absolute atomic E-state index is 12.7. The number of ether oxygens (including phenoxy) is 1. The van der Waals surface area contributed by atoms with Crippen LogP contribution in [-0.2, 0) is 17.0 Å². The predicted octanol–water partition coefficient (Wildman–Crippen LogP) is 3.99. The molecule has 124 valence electrons. The van der Waals surface area contributed by atoms with Gasteiger partial charge >= 0.3 is 0 Å². The molecule has 4 nitrogen and oxygen atoms in total. The fourth-order valence-corrected chi connectivity index (χ4v) is 3.47. The smallest absolute Gasteiger partial charge is 0.262 e. The number of nitrogens with zero attached hydrogens (tertiary/aromatic N) is 2. The Morgan fingerprint density at radius 3 is 2.67 bits per heavy atom. The number of hydrogen-bond donors (Lipinski definition) is 0. The van der Waals surface area contributed by atoms with Crippen LogP contribution in [-0.4, -0.2) is 23.3 Å². The van der Waals surface area contributed by atoms with E-state index in [1.165, 1.54) is 11.8 Å². The molecule has 0 saturated carbocycles.